The average Bonchev–Trinajstić information content (AvgIpc) is 2.79. The van der Waals surface area contributed by atoms with Gasteiger partial charge in [0.15, 0.2) is 0 Å². The van der Waals surface area contributed by atoms with Crippen molar-refractivity contribution in [2.24, 2.45) is 7.05 Å². The topological polar surface area (TPSA) is 51.2 Å². The van der Waals surface area contributed by atoms with Crippen molar-refractivity contribution in [1.29, 1.82) is 0 Å². The van der Waals surface area contributed by atoms with E-state index in [1.165, 1.54) is 0 Å². The lowest BCUT2D eigenvalue weighted by Crippen LogP contribution is -2.01. The van der Waals surface area contributed by atoms with E-state index in [9.17, 15) is 5.11 Å². The van der Waals surface area contributed by atoms with Gasteiger partial charge in [0.05, 0.1) is 5.69 Å². The highest BCUT2D eigenvalue weighted by molar-refractivity contribution is 6.30. The number of furan rings is 1. The van der Waals surface area contributed by atoms with Gasteiger partial charge < -0.3 is 9.52 Å². The van der Waals surface area contributed by atoms with Crippen LogP contribution in [0.1, 0.15) is 28.9 Å². The lowest BCUT2D eigenvalue weighted by atomic mass is 10.1. The molecule has 1 N–H and O–H groups in total. The average molecular weight is 255 g/mol. The molecule has 2 heterocycles. The summed E-state index contributed by atoms with van der Waals surface area (Å²) in [6.07, 6.45) is -0.282. The van der Waals surface area contributed by atoms with Crippen LogP contribution in [0.4, 0.5) is 0 Å². The maximum atomic E-state index is 10.1. The number of nitrogens with zero attached hydrogens (tertiary/aromatic N) is 2. The van der Waals surface area contributed by atoms with E-state index in [1.54, 1.807) is 17.8 Å². The molecule has 1 atom stereocenters. The molecule has 92 valence electrons. The molecule has 0 aliphatic carbocycles. The van der Waals surface area contributed by atoms with Crippen LogP contribution in [0.15, 0.2) is 16.5 Å². The lowest BCUT2D eigenvalue weighted by Gasteiger charge is -2.07. The molecule has 5 heteroatoms. The highest BCUT2D eigenvalue weighted by atomic mass is 35.5. The lowest BCUT2D eigenvalue weighted by molar-refractivity contribution is 0.148. The van der Waals surface area contributed by atoms with Gasteiger partial charge in [0.1, 0.15) is 22.8 Å². The van der Waals surface area contributed by atoms with Gasteiger partial charge in [-0.3, -0.25) is 4.68 Å². The van der Waals surface area contributed by atoms with Gasteiger partial charge in [-0.1, -0.05) is 11.6 Å². The molecule has 0 saturated heterocycles. The second kappa shape index (κ2) is 4.55. The van der Waals surface area contributed by atoms with Crippen LogP contribution in [0, 0.1) is 13.8 Å². The number of aliphatic hydroxyl groups excluding tert-OH is 1. The zero-order chi connectivity index (χ0) is 12.6. The van der Waals surface area contributed by atoms with Crippen LogP contribution in [-0.4, -0.2) is 14.9 Å². The van der Waals surface area contributed by atoms with Crippen molar-refractivity contribution in [2.45, 2.75) is 26.4 Å². The Morgan fingerprint density at radius 2 is 2.18 bits per heavy atom. The molecule has 0 fully saturated rings. The molecule has 0 aliphatic heterocycles. The molecule has 0 radical (unpaired) electrons. The number of hydrogen-bond acceptors (Lipinski definition) is 3. The molecular weight excluding hydrogens is 240 g/mol. The molecule has 1 unspecified atom stereocenters. The van der Waals surface area contributed by atoms with Gasteiger partial charge in [0.2, 0.25) is 0 Å². The first-order valence-corrected chi connectivity index (χ1v) is 5.79. The van der Waals surface area contributed by atoms with Crippen molar-refractivity contribution in [2.75, 3.05) is 0 Å². The zero-order valence-electron chi connectivity index (χ0n) is 10.1. The van der Waals surface area contributed by atoms with Crippen LogP contribution >= 0.6 is 11.6 Å². The largest absolute Gasteiger partial charge is 0.464 e. The third-order valence-electron chi connectivity index (χ3n) is 2.76. The highest BCUT2D eigenvalue weighted by Gasteiger charge is 2.18. The number of halogens is 1. The standard InChI is InChI=1S/C12H15ClN2O2/c1-7-4-5-11(17-7)10(16)6-9-8(2)14-15(3)12(9)13/h4-5,10,16H,6H2,1-3H3. The number of aryl methyl sites for hydroxylation is 3. The molecule has 0 aromatic carbocycles. The smallest absolute Gasteiger partial charge is 0.132 e. The van der Waals surface area contributed by atoms with Crippen LogP contribution in [-0.2, 0) is 13.5 Å². The molecule has 4 nitrogen and oxygen atoms in total. The van der Waals surface area contributed by atoms with Gasteiger partial charge in [0, 0.05) is 19.0 Å². The van der Waals surface area contributed by atoms with Gasteiger partial charge >= 0.3 is 0 Å². The van der Waals surface area contributed by atoms with Crippen molar-refractivity contribution >= 4 is 11.6 Å². The van der Waals surface area contributed by atoms with Crippen LogP contribution in [0.25, 0.3) is 0 Å². The van der Waals surface area contributed by atoms with Gasteiger partial charge in [-0.25, -0.2) is 0 Å². The molecular formula is C12H15ClN2O2. The summed E-state index contributed by atoms with van der Waals surface area (Å²) in [6, 6.07) is 3.61. The number of rotatable bonds is 3. The summed E-state index contributed by atoms with van der Waals surface area (Å²) < 4.78 is 6.99. The fourth-order valence-corrected chi connectivity index (χ4v) is 2.08. The Labute approximate surface area is 105 Å². The minimum Gasteiger partial charge on any atom is -0.464 e. The third-order valence-corrected chi connectivity index (χ3v) is 3.23. The predicted octanol–water partition coefficient (Wildman–Crippen LogP) is 2.56. The molecule has 0 amide bonds. The van der Waals surface area contributed by atoms with E-state index in [1.807, 2.05) is 19.9 Å². The van der Waals surface area contributed by atoms with Crippen molar-refractivity contribution in [3.05, 3.63) is 40.1 Å². The first kappa shape index (κ1) is 12.2. The summed E-state index contributed by atoms with van der Waals surface area (Å²) in [6.45, 7) is 3.72. The van der Waals surface area contributed by atoms with Crippen molar-refractivity contribution in [3.63, 3.8) is 0 Å². The Balaban J connectivity index is 2.21. The first-order chi connectivity index (χ1) is 7.99. The molecule has 0 saturated carbocycles. The van der Waals surface area contributed by atoms with E-state index in [0.717, 1.165) is 17.0 Å². The van der Waals surface area contributed by atoms with E-state index in [-0.39, 0.29) is 0 Å². The number of hydrogen-bond donors (Lipinski definition) is 1. The second-order valence-corrected chi connectivity index (χ2v) is 4.50. The fourth-order valence-electron chi connectivity index (χ4n) is 1.83. The Kier molecular flexibility index (Phi) is 3.26. The zero-order valence-corrected chi connectivity index (χ0v) is 10.8. The number of aliphatic hydroxyl groups is 1. The molecule has 17 heavy (non-hydrogen) atoms. The van der Waals surface area contributed by atoms with Crippen molar-refractivity contribution in [3.8, 4) is 0 Å². The minimum atomic E-state index is -0.691. The summed E-state index contributed by atoms with van der Waals surface area (Å²) >= 11 is 6.11. The second-order valence-electron chi connectivity index (χ2n) is 4.15. The van der Waals surface area contributed by atoms with Crippen molar-refractivity contribution < 1.29 is 9.52 Å². The Morgan fingerprint density at radius 3 is 2.65 bits per heavy atom. The quantitative estimate of drug-likeness (QED) is 0.916. The fraction of sp³-hybridized carbons (Fsp3) is 0.417. The van der Waals surface area contributed by atoms with Crippen LogP contribution in [0.2, 0.25) is 5.15 Å². The van der Waals surface area contributed by atoms with E-state index in [0.29, 0.717) is 17.3 Å². The SMILES string of the molecule is Cc1ccc(C(O)Cc2c(C)nn(C)c2Cl)o1. The molecule has 0 spiro atoms. The van der Waals surface area contributed by atoms with E-state index in [2.05, 4.69) is 5.10 Å². The van der Waals surface area contributed by atoms with Gasteiger partial charge in [-0.2, -0.15) is 5.10 Å². The summed E-state index contributed by atoms with van der Waals surface area (Å²) in [5, 5.41) is 14.8. The summed E-state index contributed by atoms with van der Waals surface area (Å²) in [5.41, 5.74) is 1.69. The predicted molar refractivity (Wildman–Crippen MR) is 65.1 cm³/mol. The molecule has 2 aromatic heterocycles. The summed E-state index contributed by atoms with van der Waals surface area (Å²) in [5.74, 6) is 1.34. The van der Waals surface area contributed by atoms with Crippen LogP contribution < -0.4 is 0 Å². The van der Waals surface area contributed by atoms with Crippen LogP contribution in [0.5, 0.6) is 0 Å². The monoisotopic (exact) mass is 254 g/mol. The van der Waals surface area contributed by atoms with Gasteiger partial charge in [-0.05, 0) is 26.0 Å². The summed E-state index contributed by atoms with van der Waals surface area (Å²) in [7, 11) is 1.78. The van der Waals surface area contributed by atoms with Gasteiger partial charge in [0.25, 0.3) is 0 Å². The Morgan fingerprint density at radius 1 is 1.47 bits per heavy atom. The van der Waals surface area contributed by atoms with E-state index < -0.39 is 6.10 Å². The third kappa shape index (κ3) is 2.37. The number of aromatic nitrogens is 2. The van der Waals surface area contributed by atoms with Gasteiger partial charge in [-0.15, -0.1) is 0 Å². The maximum Gasteiger partial charge on any atom is 0.132 e. The normalized spacial score (nSPS) is 13.0. The first-order valence-electron chi connectivity index (χ1n) is 5.41. The summed E-state index contributed by atoms with van der Waals surface area (Å²) in [4.78, 5) is 0. The van der Waals surface area contributed by atoms with E-state index >= 15 is 0 Å². The highest BCUT2D eigenvalue weighted by Crippen LogP contribution is 2.26. The van der Waals surface area contributed by atoms with E-state index in [4.69, 9.17) is 16.0 Å². The molecule has 2 aromatic rings. The maximum absolute atomic E-state index is 10.1. The molecule has 0 bridgehead atoms. The molecule has 0 aliphatic rings. The Bertz CT molecular complexity index is 531. The molecule has 2 rings (SSSR count). The van der Waals surface area contributed by atoms with Crippen LogP contribution in [0.3, 0.4) is 0 Å². The van der Waals surface area contributed by atoms with Crippen molar-refractivity contribution in [1.82, 2.24) is 9.78 Å². The Hall–Kier alpha value is -1.26. The minimum absolute atomic E-state index is 0.408.